The van der Waals surface area contributed by atoms with Crippen molar-refractivity contribution in [3.63, 3.8) is 0 Å². The van der Waals surface area contributed by atoms with Crippen LogP contribution in [0.5, 0.6) is 5.75 Å². The van der Waals surface area contributed by atoms with Crippen molar-refractivity contribution in [3.8, 4) is 5.75 Å². The van der Waals surface area contributed by atoms with Crippen LogP contribution in [0.15, 0.2) is 53.5 Å². The van der Waals surface area contributed by atoms with Gasteiger partial charge in [0.15, 0.2) is 5.78 Å². The van der Waals surface area contributed by atoms with Crippen molar-refractivity contribution >= 4 is 17.3 Å². The average molecular weight is 459 g/mol. The first kappa shape index (κ1) is 21.7. The van der Waals surface area contributed by atoms with Gasteiger partial charge in [0.05, 0.1) is 11.9 Å². The summed E-state index contributed by atoms with van der Waals surface area (Å²) < 4.78 is 0. The fraction of sp³-hybridized carbons (Fsp3) is 0.500. The van der Waals surface area contributed by atoms with Gasteiger partial charge in [0, 0.05) is 57.2 Å². The van der Waals surface area contributed by atoms with Crippen molar-refractivity contribution in [3.05, 3.63) is 59.7 Å². The molecule has 0 aromatic heterocycles. The van der Waals surface area contributed by atoms with Crippen molar-refractivity contribution in [2.24, 2.45) is 4.99 Å². The van der Waals surface area contributed by atoms with E-state index in [1.807, 2.05) is 18.2 Å². The minimum atomic E-state index is -0.307. The number of hydrogen-bond acceptors (Lipinski definition) is 6. The molecule has 34 heavy (non-hydrogen) atoms. The summed E-state index contributed by atoms with van der Waals surface area (Å²) in [6, 6.07) is 16.6. The Hall–Kier alpha value is -2.86. The van der Waals surface area contributed by atoms with E-state index in [0.29, 0.717) is 29.9 Å². The second kappa shape index (κ2) is 8.73. The van der Waals surface area contributed by atoms with Crippen molar-refractivity contribution in [1.82, 2.24) is 10.2 Å². The van der Waals surface area contributed by atoms with Crippen molar-refractivity contribution in [1.29, 1.82) is 0 Å². The lowest BCUT2D eigenvalue weighted by molar-refractivity contribution is -0.123. The molecule has 2 atom stereocenters. The van der Waals surface area contributed by atoms with Crippen molar-refractivity contribution in [2.75, 3.05) is 37.6 Å². The normalized spacial score (nSPS) is 25.8. The molecule has 0 bridgehead atoms. The topological polar surface area (TPSA) is 68.2 Å². The molecule has 2 aromatic rings. The Labute approximate surface area is 201 Å². The molecular weight excluding hydrogens is 424 g/mol. The number of aliphatic imine (C=N–C) groups is 1. The number of hydrogen-bond donors (Lipinski definition) is 2. The second-order valence-corrected chi connectivity index (χ2v) is 10.3. The molecule has 1 spiro atoms. The lowest BCUT2D eigenvalue weighted by Gasteiger charge is -2.44. The number of likely N-dealkylation sites (tertiary alicyclic amines) is 1. The molecule has 178 valence electrons. The monoisotopic (exact) mass is 458 g/mol. The predicted octanol–water partition coefficient (Wildman–Crippen LogP) is 3.50. The number of phenolic OH excluding ortho intramolecular Hbond substituents is 1. The van der Waals surface area contributed by atoms with Gasteiger partial charge in [-0.3, -0.25) is 9.79 Å². The van der Waals surface area contributed by atoms with E-state index in [-0.39, 0.29) is 5.54 Å². The van der Waals surface area contributed by atoms with Gasteiger partial charge in [-0.2, -0.15) is 0 Å². The Morgan fingerprint density at radius 3 is 2.71 bits per heavy atom. The fourth-order valence-corrected chi connectivity index (χ4v) is 6.71. The summed E-state index contributed by atoms with van der Waals surface area (Å²) in [5.41, 5.74) is 3.52. The number of Topliss-reactive ketones (excluding diaryl/α,β-unsaturated/α-hetero) is 1. The van der Waals surface area contributed by atoms with Crippen LogP contribution in [0, 0.1) is 0 Å². The second-order valence-electron chi connectivity index (χ2n) is 10.3. The number of nitrogens with one attached hydrogen (secondary N) is 1. The summed E-state index contributed by atoms with van der Waals surface area (Å²) in [5.74, 6) is 2.36. The highest BCUT2D eigenvalue weighted by atomic mass is 16.3. The number of nitrogens with zero attached hydrogens (tertiary/aromatic N) is 3. The molecule has 3 aliphatic heterocycles. The highest BCUT2D eigenvalue weighted by Crippen LogP contribution is 2.41. The van der Waals surface area contributed by atoms with Crippen molar-refractivity contribution in [2.45, 2.75) is 56.0 Å². The molecule has 6 nitrogen and oxygen atoms in total. The van der Waals surface area contributed by atoms with Crippen molar-refractivity contribution < 1.29 is 9.90 Å². The lowest BCUT2D eigenvalue weighted by Crippen LogP contribution is -2.56. The number of aromatic hydroxyl groups is 1. The van der Waals surface area contributed by atoms with Gasteiger partial charge in [-0.1, -0.05) is 24.3 Å². The summed E-state index contributed by atoms with van der Waals surface area (Å²) >= 11 is 0. The maximum atomic E-state index is 13.0. The van der Waals surface area contributed by atoms with E-state index in [9.17, 15) is 9.90 Å². The molecule has 2 saturated heterocycles. The molecule has 2 fully saturated rings. The van der Waals surface area contributed by atoms with E-state index >= 15 is 0 Å². The lowest BCUT2D eigenvalue weighted by atomic mass is 9.79. The van der Waals surface area contributed by atoms with Crippen LogP contribution in [0.1, 0.15) is 49.1 Å². The van der Waals surface area contributed by atoms with Crippen LogP contribution in [0.3, 0.4) is 0 Å². The Balaban J connectivity index is 1.02. The number of rotatable bonds is 4. The largest absolute Gasteiger partial charge is 0.508 e. The van der Waals surface area contributed by atoms with Crippen LogP contribution in [0.25, 0.3) is 0 Å². The number of carbonyl (C=O) groups is 1. The molecule has 2 aromatic carbocycles. The Bertz CT molecular complexity index is 1090. The van der Waals surface area contributed by atoms with Gasteiger partial charge in [0.1, 0.15) is 11.3 Å². The molecule has 6 rings (SSSR count). The first-order valence-electron chi connectivity index (χ1n) is 12.8. The number of para-hydroxylation sites is 1. The molecule has 3 heterocycles. The van der Waals surface area contributed by atoms with Gasteiger partial charge in [-0.25, -0.2) is 0 Å². The third kappa shape index (κ3) is 3.78. The Kier molecular flexibility index (Phi) is 5.56. The van der Waals surface area contributed by atoms with Crippen LogP contribution in [-0.2, 0) is 11.2 Å². The minimum absolute atomic E-state index is 0.307. The van der Waals surface area contributed by atoms with Crippen LogP contribution in [0.4, 0.5) is 5.69 Å². The number of benzene rings is 2. The Morgan fingerprint density at radius 1 is 1.06 bits per heavy atom. The molecule has 2 N–H and O–H groups in total. The predicted molar refractivity (Wildman–Crippen MR) is 135 cm³/mol. The van der Waals surface area contributed by atoms with Crippen LogP contribution in [-0.4, -0.2) is 65.9 Å². The molecule has 0 radical (unpaired) electrons. The number of piperidine rings is 1. The SMILES string of the molecule is O=C1CCN(c2ccccc2)C12CCN(CCNC1=N[C@@H]3CCc4cc(O)ccc4[C@@H]3C1)CC2. The highest BCUT2D eigenvalue weighted by molar-refractivity contribution is 5.95. The van der Waals surface area contributed by atoms with E-state index in [0.717, 1.165) is 70.7 Å². The quantitative estimate of drug-likeness (QED) is 0.734. The van der Waals surface area contributed by atoms with Gasteiger partial charge < -0.3 is 20.2 Å². The third-order valence-corrected chi connectivity index (χ3v) is 8.54. The number of fused-ring (bicyclic) bond motifs is 3. The summed E-state index contributed by atoms with van der Waals surface area (Å²) in [6.45, 7) is 4.64. The fourth-order valence-electron chi connectivity index (χ4n) is 6.71. The minimum Gasteiger partial charge on any atom is -0.508 e. The number of carbonyl (C=O) groups excluding carboxylic acids is 1. The molecule has 0 amide bonds. The number of anilines is 1. The zero-order valence-corrected chi connectivity index (χ0v) is 19.7. The molecule has 0 saturated carbocycles. The highest BCUT2D eigenvalue weighted by Gasteiger charge is 2.49. The number of ketones is 1. The summed E-state index contributed by atoms with van der Waals surface area (Å²) in [6.07, 6.45) is 5.51. The standard InChI is InChI=1S/C28H34N4O2/c33-22-7-8-23-20(18-22)6-9-25-24(23)19-27(30-25)29-13-17-31-15-11-28(12-16-31)26(34)10-14-32(28)21-4-2-1-3-5-21/h1-5,7-8,18,24-25,33H,6,9-17,19H2,(H,29,30)/t24-,25+/m0/s1. The number of amidine groups is 1. The van der Waals surface area contributed by atoms with E-state index in [1.165, 1.54) is 16.8 Å². The van der Waals surface area contributed by atoms with E-state index in [2.05, 4.69) is 45.4 Å². The van der Waals surface area contributed by atoms with Gasteiger partial charge in [-0.15, -0.1) is 0 Å². The number of phenols is 1. The summed E-state index contributed by atoms with van der Waals surface area (Å²) in [5, 5.41) is 13.4. The van der Waals surface area contributed by atoms with Crippen LogP contribution >= 0.6 is 0 Å². The first-order chi connectivity index (χ1) is 16.6. The number of aryl methyl sites for hydroxylation is 1. The molecular formula is C28H34N4O2. The zero-order valence-electron chi connectivity index (χ0n) is 19.7. The average Bonchev–Trinajstić information content (AvgIpc) is 3.42. The zero-order chi connectivity index (χ0) is 23.1. The summed E-state index contributed by atoms with van der Waals surface area (Å²) in [7, 11) is 0. The van der Waals surface area contributed by atoms with E-state index in [4.69, 9.17) is 4.99 Å². The molecule has 6 heteroatoms. The van der Waals surface area contributed by atoms with E-state index < -0.39 is 0 Å². The van der Waals surface area contributed by atoms with Gasteiger partial charge in [-0.05, 0) is 61.1 Å². The smallest absolute Gasteiger partial charge is 0.160 e. The maximum Gasteiger partial charge on any atom is 0.160 e. The van der Waals surface area contributed by atoms with Crippen LogP contribution < -0.4 is 10.2 Å². The van der Waals surface area contributed by atoms with Gasteiger partial charge >= 0.3 is 0 Å². The third-order valence-electron chi connectivity index (χ3n) is 8.54. The van der Waals surface area contributed by atoms with E-state index in [1.54, 1.807) is 0 Å². The van der Waals surface area contributed by atoms with Gasteiger partial charge in [0.2, 0.25) is 0 Å². The van der Waals surface area contributed by atoms with Gasteiger partial charge in [0.25, 0.3) is 0 Å². The molecule has 4 aliphatic rings. The Morgan fingerprint density at radius 2 is 1.88 bits per heavy atom. The molecule has 0 unspecified atom stereocenters. The first-order valence-corrected chi connectivity index (χ1v) is 12.8. The summed E-state index contributed by atoms with van der Waals surface area (Å²) in [4.78, 5) is 22.8. The van der Waals surface area contributed by atoms with Crippen LogP contribution in [0.2, 0.25) is 0 Å². The maximum absolute atomic E-state index is 13.0. The molecule has 1 aliphatic carbocycles.